The zero-order valence-electron chi connectivity index (χ0n) is 19.3. The second-order valence-electron chi connectivity index (χ2n) is 10.9. The monoisotopic (exact) mass is 382 g/mol. The minimum atomic E-state index is 0.150. The summed E-state index contributed by atoms with van der Waals surface area (Å²) >= 11 is 0. The van der Waals surface area contributed by atoms with Crippen molar-refractivity contribution >= 4 is 0 Å². The fraction of sp³-hybridized carbons (Fsp3) is 0.379. The minimum absolute atomic E-state index is 0.150. The van der Waals surface area contributed by atoms with Crippen LogP contribution in [0.15, 0.2) is 47.6 Å². The Hall–Kier alpha value is -1.04. The van der Waals surface area contributed by atoms with Gasteiger partial charge in [0.15, 0.2) is 0 Å². The van der Waals surface area contributed by atoms with Crippen LogP contribution in [0, 0.1) is 71.0 Å². The van der Waals surface area contributed by atoms with E-state index in [9.17, 15) is 0 Å². The number of rotatable bonds is 2. The first-order valence-corrected chi connectivity index (χ1v) is 10.8. The number of fused-ring (bicyclic) bond motifs is 3. The third-order valence-electron chi connectivity index (χ3n) is 6.60. The second-order valence-corrected chi connectivity index (χ2v) is 10.9. The van der Waals surface area contributed by atoms with Crippen molar-refractivity contribution in [2.45, 2.75) is 61.8 Å². The van der Waals surface area contributed by atoms with E-state index in [2.05, 4.69) is 105 Å². The molecule has 150 valence electrons. The smallest absolute Gasteiger partial charge is 0.0209 e. The Morgan fingerprint density at radius 2 is 0.966 bits per heavy atom. The van der Waals surface area contributed by atoms with Crippen molar-refractivity contribution in [3.8, 4) is 0 Å². The molecule has 29 heavy (non-hydrogen) atoms. The van der Waals surface area contributed by atoms with Gasteiger partial charge in [0, 0.05) is 29.6 Å². The highest BCUT2D eigenvalue weighted by atomic mass is 14.5. The summed E-state index contributed by atoms with van der Waals surface area (Å²) in [5, 5.41) is 0. The maximum Gasteiger partial charge on any atom is 0.0209 e. The van der Waals surface area contributed by atoms with Crippen LogP contribution in [0.5, 0.6) is 0 Å². The van der Waals surface area contributed by atoms with E-state index in [-0.39, 0.29) is 10.8 Å². The number of hydrogen-bond donors (Lipinski definition) is 0. The third kappa shape index (κ3) is 3.86. The van der Waals surface area contributed by atoms with E-state index in [0.29, 0.717) is 0 Å². The molecule has 10 radical (unpaired) electrons. The molecular weight excluding hydrogens is 348 g/mol. The van der Waals surface area contributed by atoms with Gasteiger partial charge in [0.25, 0.3) is 0 Å². The predicted molar refractivity (Wildman–Crippen MR) is 124 cm³/mol. The van der Waals surface area contributed by atoms with Gasteiger partial charge in [-0.3, -0.25) is 0 Å². The van der Waals surface area contributed by atoms with Crippen molar-refractivity contribution in [1.82, 2.24) is 0 Å². The zero-order valence-corrected chi connectivity index (χ0v) is 19.3. The second kappa shape index (κ2) is 7.28. The summed E-state index contributed by atoms with van der Waals surface area (Å²) in [6, 6.07) is 0. The summed E-state index contributed by atoms with van der Waals surface area (Å²) in [6.07, 6.45) is 19.8. The van der Waals surface area contributed by atoms with Gasteiger partial charge < -0.3 is 0 Å². The molecule has 0 heterocycles. The van der Waals surface area contributed by atoms with E-state index < -0.39 is 0 Å². The normalized spacial score (nSPS) is 26.9. The SMILES string of the molecule is C[C]1[CH][CH][C](C)[C]1C[C]1[C]2C=C(C(C)(C)C)C=C[C]2[C]2C=CC(C(C)(C)C)=C[C]21. The molecule has 0 nitrogen and oxygen atoms in total. The van der Waals surface area contributed by atoms with Crippen LogP contribution in [-0.4, -0.2) is 0 Å². The van der Waals surface area contributed by atoms with Crippen LogP contribution in [0.2, 0.25) is 0 Å². The molecule has 0 N–H and O–H groups in total. The van der Waals surface area contributed by atoms with E-state index in [1.807, 2.05) is 0 Å². The Balaban J connectivity index is 1.71. The lowest BCUT2D eigenvalue weighted by Gasteiger charge is -2.32. The lowest BCUT2D eigenvalue weighted by Crippen LogP contribution is -2.20. The molecule has 2 saturated carbocycles. The molecule has 0 aromatic heterocycles. The standard InChI is InChI=1S/C29H34/c1-18-9-10-19(2)24(18)17-27-25-15-20(28(3,4)5)11-13-22(25)23-14-12-21(16-26(23)27)29(6,7)8/h9-16H,17H2,1-8H3. The van der Waals surface area contributed by atoms with Crippen LogP contribution < -0.4 is 0 Å². The van der Waals surface area contributed by atoms with Crippen molar-refractivity contribution in [2.24, 2.45) is 10.8 Å². The molecule has 0 amide bonds. The first-order valence-electron chi connectivity index (χ1n) is 10.8. The van der Waals surface area contributed by atoms with E-state index in [0.717, 1.165) is 6.42 Å². The van der Waals surface area contributed by atoms with Crippen LogP contribution in [0.1, 0.15) is 61.8 Å². The van der Waals surface area contributed by atoms with Crippen LogP contribution >= 0.6 is 0 Å². The van der Waals surface area contributed by atoms with Gasteiger partial charge in [-0.05, 0) is 59.0 Å². The van der Waals surface area contributed by atoms with Gasteiger partial charge in [0.05, 0.1) is 0 Å². The summed E-state index contributed by atoms with van der Waals surface area (Å²) in [4.78, 5) is 0. The van der Waals surface area contributed by atoms with Gasteiger partial charge in [0.1, 0.15) is 0 Å². The zero-order chi connectivity index (χ0) is 21.1. The quantitative estimate of drug-likeness (QED) is 0.463. The van der Waals surface area contributed by atoms with Crippen LogP contribution in [0.4, 0.5) is 0 Å². The van der Waals surface area contributed by atoms with E-state index in [1.54, 1.807) is 0 Å². The average Bonchev–Trinajstić information content (AvgIpc) is 3.11. The van der Waals surface area contributed by atoms with Crippen molar-refractivity contribution in [3.05, 3.63) is 108 Å². The van der Waals surface area contributed by atoms with Crippen molar-refractivity contribution in [2.75, 3.05) is 0 Å². The Morgan fingerprint density at radius 1 is 0.552 bits per heavy atom. The number of allylic oxidation sites excluding steroid dienone is 8. The molecule has 0 aromatic carbocycles. The molecule has 0 unspecified atom stereocenters. The first kappa shape index (κ1) is 21.2. The van der Waals surface area contributed by atoms with Gasteiger partial charge in [-0.15, -0.1) is 0 Å². The summed E-state index contributed by atoms with van der Waals surface area (Å²) in [7, 11) is 0. The van der Waals surface area contributed by atoms with E-state index in [4.69, 9.17) is 0 Å². The molecule has 0 aliphatic heterocycles. The van der Waals surface area contributed by atoms with Crippen molar-refractivity contribution in [3.63, 3.8) is 0 Å². The summed E-state index contributed by atoms with van der Waals surface area (Å²) in [6.45, 7) is 18.3. The lowest BCUT2D eigenvalue weighted by molar-refractivity contribution is 0.514. The highest BCUT2D eigenvalue weighted by Gasteiger charge is 2.52. The molecule has 0 spiro atoms. The van der Waals surface area contributed by atoms with Crippen LogP contribution in [-0.2, 0) is 0 Å². The van der Waals surface area contributed by atoms with Gasteiger partial charge >= 0.3 is 0 Å². The highest BCUT2D eigenvalue weighted by molar-refractivity contribution is 5.79. The molecule has 0 bridgehead atoms. The Labute approximate surface area is 180 Å². The summed E-state index contributed by atoms with van der Waals surface area (Å²) in [5.74, 6) is 11.4. The molecule has 0 heteroatoms. The van der Waals surface area contributed by atoms with Gasteiger partial charge in [-0.2, -0.15) is 0 Å². The van der Waals surface area contributed by atoms with Crippen LogP contribution in [0.25, 0.3) is 0 Å². The molecule has 0 saturated heterocycles. The minimum Gasteiger partial charge on any atom is -0.0752 e. The largest absolute Gasteiger partial charge is 0.0752 e. The predicted octanol–water partition coefficient (Wildman–Crippen LogP) is 7.53. The molecule has 0 aromatic rings. The molecular formula is C29H34. The number of hydrogen-bond acceptors (Lipinski definition) is 0. The van der Waals surface area contributed by atoms with Crippen molar-refractivity contribution < 1.29 is 0 Å². The highest BCUT2D eigenvalue weighted by Crippen LogP contribution is 2.63. The van der Waals surface area contributed by atoms with E-state index in [1.165, 1.54) is 58.5 Å². The maximum atomic E-state index is 2.45. The average molecular weight is 383 g/mol. The topological polar surface area (TPSA) is 0 Å². The van der Waals surface area contributed by atoms with Gasteiger partial charge in [-0.25, -0.2) is 0 Å². The molecule has 0 atom stereocenters. The Kier molecular flexibility index (Phi) is 5.32. The molecule has 4 rings (SSSR count). The lowest BCUT2D eigenvalue weighted by atomic mass is 9.71. The maximum absolute atomic E-state index is 2.45. The fourth-order valence-electron chi connectivity index (χ4n) is 4.54. The molecule has 4 aliphatic carbocycles. The third-order valence-corrected chi connectivity index (χ3v) is 6.60. The molecule has 2 fully saturated rings. The van der Waals surface area contributed by atoms with E-state index >= 15 is 0 Å². The van der Waals surface area contributed by atoms with Gasteiger partial charge in [-0.1, -0.05) is 91.8 Å². The summed E-state index contributed by atoms with van der Waals surface area (Å²) in [5.41, 5.74) is 3.12. The summed E-state index contributed by atoms with van der Waals surface area (Å²) < 4.78 is 0. The molecule has 4 aliphatic rings. The van der Waals surface area contributed by atoms with Gasteiger partial charge in [0.2, 0.25) is 0 Å². The Bertz CT molecular complexity index is 682. The first-order chi connectivity index (χ1) is 13.5. The fourth-order valence-corrected chi connectivity index (χ4v) is 4.54. The van der Waals surface area contributed by atoms with Crippen molar-refractivity contribution in [1.29, 1.82) is 0 Å². The van der Waals surface area contributed by atoms with Crippen LogP contribution in [0.3, 0.4) is 0 Å². The Morgan fingerprint density at radius 3 is 1.34 bits per heavy atom.